The molecule has 380 valence electrons. The van der Waals surface area contributed by atoms with Gasteiger partial charge in [-0.25, -0.2) is 4.57 Å². The third kappa shape index (κ3) is 50.3. The lowest BCUT2D eigenvalue weighted by Crippen LogP contribution is -2.45. The van der Waals surface area contributed by atoms with E-state index in [1.54, 1.807) is 6.08 Å². The Balaban J connectivity index is 4.50. The van der Waals surface area contributed by atoms with Crippen LogP contribution in [0.2, 0.25) is 0 Å². The van der Waals surface area contributed by atoms with Crippen molar-refractivity contribution in [2.75, 3.05) is 40.9 Å². The molecule has 0 heterocycles. The minimum absolute atomic E-state index is 0.0366. The first-order valence-electron chi connectivity index (χ1n) is 26.1. The summed E-state index contributed by atoms with van der Waals surface area (Å²) in [7, 11) is 1.49. The lowest BCUT2D eigenvalue weighted by atomic mass is 10.1. The Morgan fingerprint density at radius 3 is 1.37 bits per heavy atom. The highest BCUT2D eigenvalue weighted by atomic mass is 31.2. The van der Waals surface area contributed by atoms with Crippen LogP contribution in [-0.4, -0.2) is 73.4 Å². The number of amides is 1. The zero-order valence-electron chi connectivity index (χ0n) is 43.1. The number of aliphatic hydroxyl groups excluding tert-OH is 1. The van der Waals surface area contributed by atoms with Gasteiger partial charge in [0.15, 0.2) is 0 Å². The van der Waals surface area contributed by atoms with Crippen molar-refractivity contribution in [1.82, 2.24) is 5.32 Å². The average Bonchev–Trinajstić information content (AvgIpc) is 3.29. The molecule has 0 aromatic rings. The molecule has 0 saturated heterocycles. The van der Waals surface area contributed by atoms with E-state index in [2.05, 4.69) is 141 Å². The molecule has 0 saturated carbocycles. The minimum Gasteiger partial charge on any atom is -0.387 e. The van der Waals surface area contributed by atoms with Crippen LogP contribution in [0.3, 0.4) is 0 Å². The first-order chi connectivity index (χ1) is 32.5. The van der Waals surface area contributed by atoms with Crippen molar-refractivity contribution < 1.29 is 32.9 Å². The van der Waals surface area contributed by atoms with Gasteiger partial charge >= 0.3 is 7.82 Å². The summed E-state index contributed by atoms with van der Waals surface area (Å²) in [5.41, 5.74) is 0. The third-order valence-electron chi connectivity index (χ3n) is 10.6. The number of rotatable bonds is 45. The molecule has 0 spiro atoms. The molecular weight excluding hydrogens is 852 g/mol. The fraction of sp³-hybridized carbons (Fsp3) is 0.603. The van der Waals surface area contributed by atoms with Crippen LogP contribution in [0.4, 0.5) is 0 Å². The molecule has 67 heavy (non-hydrogen) atoms. The second kappa shape index (κ2) is 47.7. The van der Waals surface area contributed by atoms with Gasteiger partial charge in [-0.2, -0.15) is 0 Å². The van der Waals surface area contributed by atoms with Gasteiger partial charge in [0.2, 0.25) is 5.91 Å². The van der Waals surface area contributed by atoms with Gasteiger partial charge in [-0.3, -0.25) is 13.8 Å². The van der Waals surface area contributed by atoms with E-state index in [0.717, 1.165) is 89.9 Å². The van der Waals surface area contributed by atoms with Gasteiger partial charge in [-0.1, -0.05) is 192 Å². The number of carbonyl (C=O) groups excluding carboxylic acids is 1. The molecule has 0 aliphatic carbocycles. The predicted molar refractivity (Wildman–Crippen MR) is 290 cm³/mol. The van der Waals surface area contributed by atoms with Gasteiger partial charge in [-0.15, -0.1) is 0 Å². The van der Waals surface area contributed by atoms with Gasteiger partial charge in [0.05, 0.1) is 39.9 Å². The highest BCUT2D eigenvalue weighted by Crippen LogP contribution is 2.43. The topological polar surface area (TPSA) is 105 Å². The summed E-state index contributed by atoms with van der Waals surface area (Å²) in [4.78, 5) is 23.2. The Hall–Kier alpha value is -3.36. The Morgan fingerprint density at radius 1 is 0.522 bits per heavy atom. The van der Waals surface area contributed by atoms with Crippen LogP contribution < -0.4 is 5.32 Å². The Kier molecular flexibility index (Phi) is 45.3. The first kappa shape index (κ1) is 63.6. The molecule has 3 unspecified atom stereocenters. The van der Waals surface area contributed by atoms with E-state index in [1.165, 1.54) is 57.8 Å². The Bertz CT molecular complexity index is 1540. The van der Waals surface area contributed by atoms with Crippen LogP contribution in [-0.2, 0) is 18.4 Å². The smallest absolute Gasteiger partial charge is 0.387 e. The van der Waals surface area contributed by atoms with E-state index in [-0.39, 0.29) is 25.5 Å². The second-order valence-electron chi connectivity index (χ2n) is 18.1. The van der Waals surface area contributed by atoms with Crippen molar-refractivity contribution in [1.29, 1.82) is 0 Å². The molecule has 3 atom stereocenters. The number of phosphoric acid groups is 1. The number of allylic oxidation sites excluding steroid dienone is 21. The van der Waals surface area contributed by atoms with Crippen molar-refractivity contribution in [3.8, 4) is 0 Å². The molecule has 0 fully saturated rings. The van der Waals surface area contributed by atoms with Crippen molar-refractivity contribution in [2.24, 2.45) is 0 Å². The van der Waals surface area contributed by atoms with Crippen molar-refractivity contribution in [2.45, 2.75) is 187 Å². The minimum atomic E-state index is -4.38. The van der Waals surface area contributed by atoms with Gasteiger partial charge in [0.1, 0.15) is 13.2 Å². The summed E-state index contributed by atoms with van der Waals surface area (Å²) in [6.45, 7) is 4.61. The molecule has 0 aromatic carbocycles. The van der Waals surface area contributed by atoms with Gasteiger partial charge in [-0.05, 0) is 109 Å². The van der Waals surface area contributed by atoms with E-state index in [9.17, 15) is 19.4 Å². The zero-order valence-corrected chi connectivity index (χ0v) is 44.0. The molecule has 0 rings (SSSR count). The van der Waals surface area contributed by atoms with Crippen LogP contribution in [0.5, 0.6) is 0 Å². The lowest BCUT2D eigenvalue weighted by molar-refractivity contribution is -0.870. The van der Waals surface area contributed by atoms with E-state index in [0.29, 0.717) is 17.4 Å². The number of nitrogens with one attached hydrogen (secondary N) is 1. The maximum atomic E-state index is 12.9. The summed E-state index contributed by atoms with van der Waals surface area (Å²) >= 11 is 0. The highest BCUT2D eigenvalue weighted by Gasteiger charge is 2.27. The Labute approximate surface area is 411 Å². The number of carbonyl (C=O) groups is 1. The van der Waals surface area contributed by atoms with Crippen LogP contribution in [0.25, 0.3) is 0 Å². The number of hydrogen-bond donors (Lipinski definition) is 3. The zero-order chi connectivity index (χ0) is 49.2. The first-order valence-corrected chi connectivity index (χ1v) is 27.6. The number of likely N-dealkylation sites (N-methyl/N-ethyl adjacent to an activating group) is 1. The molecule has 8 nitrogen and oxygen atoms in total. The largest absolute Gasteiger partial charge is 0.472 e. The number of aliphatic hydroxyl groups is 1. The third-order valence-corrected chi connectivity index (χ3v) is 11.6. The summed E-state index contributed by atoms with van der Waals surface area (Å²) in [6.07, 6.45) is 72.6. The number of phosphoric ester groups is 1. The number of quaternary nitrogens is 1. The summed E-state index contributed by atoms with van der Waals surface area (Å²) in [5, 5.41) is 13.8. The molecule has 3 N–H and O–H groups in total. The molecule has 1 amide bonds. The van der Waals surface area contributed by atoms with Crippen LogP contribution in [0.1, 0.15) is 174 Å². The van der Waals surface area contributed by atoms with E-state index in [4.69, 9.17) is 9.05 Å². The van der Waals surface area contributed by atoms with E-state index >= 15 is 0 Å². The number of nitrogens with zero attached hydrogens (tertiary/aromatic N) is 1. The van der Waals surface area contributed by atoms with E-state index in [1.807, 2.05) is 27.2 Å². The molecule has 9 heteroatoms. The monoisotopic (exact) mass is 950 g/mol. The molecule has 0 bridgehead atoms. The van der Waals surface area contributed by atoms with Gasteiger partial charge < -0.3 is 19.8 Å². The van der Waals surface area contributed by atoms with Crippen molar-refractivity contribution >= 4 is 13.7 Å². The average molecular weight is 950 g/mol. The summed E-state index contributed by atoms with van der Waals surface area (Å²) in [5.74, 6) is -0.240. The maximum Gasteiger partial charge on any atom is 0.472 e. The van der Waals surface area contributed by atoms with Gasteiger partial charge in [0, 0.05) is 6.42 Å². The standard InChI is InChI=1S/C58H97N2O6P/c1-6-8-10-12-14-16-18-20-22-24-26-27-28-29-30-31-32-33-34-36-38-40-42-44-46-48-50-52-58(62)59-56(55-66-67(63,64)65-54-53-60(3,4)5)57(61)51-49-47-45-43-41-39-37-35-25-23-21-19-17-15-13-11-9-7-2/h8,10,14,16,20,22,25-27,29-30,32-33,35-36,38,41-44,49,51,56-57,61H,6-7,9,11-13,15,17-19,21,23-24,28,31,34,37,39-40,45-48,50,52-55H2,1-5H3,(H-,59,62,63,64)/p+1/b10-8-,16-14-,22-20-,27-26-,30-29-,33-32-,35-25+,38-36-,43-41+,44-42-,51-49+. The molecule has 0 aliphatic heterocycles. The van der Waals surface area contributed by atoms with Crippen LogP contribution in [0, 0.1) is 0 Å². The van der Waals surface area contributed by atoms with E-state index < -0.39 is 20.0 Å². The summed E-state index contributed by atoms with van der Waals surface area (Å²) < 4.78 is 23.6. The SMILES string of the molecule is CC/C=C\C/C=C\C/C=C\C/C=C\C/C=C\C/C=C\C/C=C\C/C=C\CCCCC(=O)NC(COP(=O)(O)OCC[N+](C)(C)C)C(O)/C=C/CC/C=C/CC/C=C/CCCCCCCCCC. The molecule has 0 aromatic heterocycles. The maximum absolute atomic E-state index is 12.9. The Morgan fingerprint density at radius 2 is 0.910 bits per heavy atom. The number of unbranched alkanes of at least 4 members (excludes halogenated alkanes) is 12. The lowest BCUT2D eigenvalue weighted by Gasteiger charge is -2.25. The van der Waals surface area contributed by atoms with Crippen LogP contribution >= 0.6 is 7.82 Å². The molecule has 0 radical (unpaired) electrons. The fourth-order valence-electron chi connectivity index (χ4n) is 6.50. The second-order valence-corrected chi connectivity index (χ2v) is 19.6. The quantitative estimate of drug-likeness (QED) is 0.0243. The molecular formula is C58H98N2O6P+. The molecule has 0 aliphatic rings. The normalized spacial score (nSPS) is 15.1. The summed E-state index contributed by atoms with van der Waals surface area (Å²) in [6, 6.07) is -0.904. The van der Waals surface area contributed by atoms with Gasteiger partial charge in [0.25, 0.3) is 0 Å². The van der Waals surface area contributed by atoms with Crippen LogP contribution in [0.15, 0.2) is 134 Å². The highest BCUT2D eigenvalue weighted by molar-refractivity contribution is 7.47. The fourth-order valence-corrected chi connectivity index (χ4v) is 7.23. The van der Waals surface area contributed by atoms with Crippen molar-refractivity contribution in [3.63, 3.8) is 0 Å². The number of hydrogen-bond acceptors (Lipinski definition) is 5. The van der Waals surface area contributed by atoms with Crippen molar-refractivity contribution in [3.05, 3.63) is 134 Å². The predicted octanol–water partition coefficient (Wildman–Crippen LogP) is 15.6.